The Labute approximate surface area is 121 Å². The van der Waals surface area contributed by atoms with Crippen LogP contribution in [0.2, 0.25) is 0 Å². The van der Waals surface area contributed by atoms with Crippen LogP contribution in [-0.2, 0) is 0 Å². The van der Waals surface area contributed by atoms with Crippen LogP contribution in [0.4, 0.5) is 13.2 Å². The first-order valence-corrected chi connectivity index (χ1v) is 8.14. The summed E-state index contributed by atoms with van der Waals surface area (Å²) >= 11 is 0. The zero-order chi connectivity index (χ0) is 15.2. The summed E-state index contributed by atoms with van der Waals surface area (Å²) in [7, 11) is 0. The Bertz CT molecular complexity index is 263. The summed E-state index contributed by atoms with van der Waals surface area (Å²) in [6, 6.07) is 0.267. The molecule has 3 unspecified atom stereocenters. The highest BCUT2D eigenvalue weighted by Crippen LogP contribution is 2.41. The first-order chi connectivity index (χ1) is 9.34. The van der Waals surface area contributed by atoms with E-state index in [1.807, 2.05) is 6.92 Å². The van der Waals surface area contributed by atoms with Gasteiger partial charge in [0.15, 0.2) is 0 Å². The lowest BCUT2D eigenvalue weighted by molar-refractivity contribution is -0.186. The van der Waals surface area contributed by atoms with Crippen molar-refractivity contribution in [1.82, 2.24) is 5.32 Å². The van der Waals surface area contributed by atoms with E-state index >= 15 is 0 Å². The van der Waals surface area contributed by atoms with Crippen molar-refractivity contribution in [2.24, 2.45) is 17.8 Å². The Hall–Kier alpha value is -0.250. The van der Waals surface area contributed by atoms with Crippen molar-refractivity contribution in [1.29, 1.82) is 0 Å². The third-order valence-corrected chi connectivity index (χ3v) is 4.51. The molecule has 0 aliphatic heterocycles. The molecule has 3 atom stereocenters. The molecule has 1 fully saturated rings. The second-order valence-electron chi connectivity index (χ2n) is 6.65. The van der Waals surface area contributed by atoms with Gasteiger partial charge in [-0.05, 0) is 44.1 Å². The number of halogens is 3. The summed E-state index contributed by atoms with van der Waals surface area (Å²) in [4.78, 5) is 0. The second kappa shape index (κ2) is 8.26. The first kappa shape index (κ1) is 17.8. The smallest absolute Gasteiger partial charge is 0.314 e. The molecule has 1 rings (SSSR count). The molecule has 0 bridgehead atoms. The average molecular weight is 293 g/mol. The van der Waals surface area contributed by atoms with Crippen LogP contribution in [0.3, 0.4) is 0 Å². The van der Waals surface area contributed by atoms with Gasteiger partial charge in [0, 0.05) is 6.04 Å². The van der Waals surface area contributed by atoms with Crippen LogP contribution < -0.4 is 5.32 Å². The molecule has 0 spiro atoms. The molecule has 1 nitrogen and oxygen atoms in total. The van der Waals surface area contributed by atoms with Gasteiger partial charge < -0.3 is 5.32 Å². The van der Waals surface area contributed by atoms with E-state index in [2.05, 4.69) is 19.2 Å². The predicted octanol–water partition coefficient (Wildman–Crippen LogP) is 5.16. The van der Waals surface area contributed by atoms with Gasteiger partial charge in [0.1, 0.15) is 0 Å². The predicted molar refractivity (Wildman–Crippen MR) is 77.7 cm³/mol. The van der Waals surface area contributed by atoms with E-state index < -0.39 is 12.1 Å². The largest absolute Gasteiger partial charge is 0.391 e. The maximum absolute atomic E-state index is 12.9. The Balaban J connectivity index is 2.52. The highest BCUT2D eigenvalue weighted by atomic mass is 19.4. The molecule has 0 saturated heterocycles. The molecule has 1 N–H and O–H groups in total. The maximum atomic E-state index is 12.9. The number of hydrogen-bond donors (Lipinski definition) is 1. The molecule has 0 heterocycles. The van der Waals surface area contributed by atoms with Gasteiger partial charge in [-0.1, -0.05) is 40.0 Å². The quantitative estimate of drug-likeness (QED) is 0.683. The van der Waals surface area contributed by atoms with Gasteiger partial charge in [0.25, 0.3) is 0 Å². The fraction of sp³-hybridized carbons (Fsp3) is 1.00. The van der Waals surface area contributed by atoms with Crippen LogP contribution in [0, 0.1) is 17.8 Å². The van der Waals surface area contributed by atoms with Gasteiger partial charge in [0.2, 0.25) is 0 Å². The molecule has 0 radical (unpaired) electrons. The van der Waals surface area contributed by atoms with Gasteiger partial charge in [-0.2, -0.15) is 13.2 Å². The van der Waals surface area contributed by atoms with Crippen molar-refractivity contribution in [3.63, 3.8) is 0 Å². The summed E-state index contributed by atoms with van der Waals surface area (Å²) in [5, 5.41) is 3.43. The van der Waals surface area contributed by atoms with Gasteiger partial charge in [0.05, 0.1) is 5.92 Å². The average Bonchev–Trinajstić information content (AvgIpc) is 2.36. The van der Waals surface area contributed by atoms with E-state index in [0.717, 1.165) is 38.6 Å². The van der Waals surface area contributed by atoms with E-state index in [0.29, 0.717) is 18.8 Å². The Morgan fingerprint density at radius 1 is 1.15 bits per heavy atom. The molecular formula is C16H30F3N. The fourth-order valence-electron chi connectivity index (χ4n) is 3.40. The normalized spacial score (nSPS) is 25.9. The minimum absolute atomic E-state index is 0.197. The third-order valence-electron chi connectivity index (χ3n) is 4.51. The van der Waals surface area contributed by atoms with Crippen molar-refractivity contribution >= 4 is 0 Å². The second-order valence-corrected chi connectivity index (χ2v) is 6.65. The van der Waals surface area contributed by atoms with Crippen LogP contribution in [-0.4, -0.2) is 18.8 Å². The van der Waals surface area contributed by atoms with Crippen LogP contribution in [0.15, 0.2) is 0 Å². The van der Waals surface area contributed by atoms with Gasteiger partial charge in [-0.15, -0.1) is 0 Å². The standard InChI is InChI=1S/C16H30F3N/c1-4-20-15(10-5-7-12(2)3)13-8-6-9-14(11-13)16(17,18)19/h12-15,20H,4-11H2,1-3H3. The maximum Gasteiger partial charge on any atom is 0.391 e. The van der Waals surface area contributed by atoms with Crippen molar-refractivity contribution in [2.45, 2.75) is 77.9 Å². The van der Waals surface area contributed by atoms with Crippen LogP contribution in [0.1, 0.15) is 65.7 Å². The van der Waals surface area contributed by atoms with Crippen molar-refractivity contribution in [3.8, 4) is 0 Å². The molecule has 0 aromatic carbocycles. The van der Waals surface area contributed by atoms with Crippen molar-refractivity contribution in [3.05, 3.63) is 0 Å². The van der Waals surface area contributed by atoms with Crippen molar-refractivity contribution < 1.29 is 13.2 Å². The minimum Gasteiger partial charge on any atom is -0.314 e. The molecule has 1 aliphatic rings. The number of nitrogens with one attached hydrogen (secondary N) is 1. The number of alkyl halides is 3. The monoisotopic (exact) mass is 293 g/mol. The molecule has 4 heteroatoms. The molecule has 1 aliphatic carbocycles. The third kappa shape index (κ3) is 6.02. The Morgan fingerprint density at radius 2 is 1.85 bits per heavy atom. The number of rotatable bonds is 7. The molecule has 0 aromatic heterocycles. The molecule has 20 heavy (non-hydrogen) atoms. The Morgan fingerprint density at radius 3 is 2.40 bits per heavy atom. The van der Waals surface area contributed by atoms with Gasteiger partial charge in [-0.3, -0.25) is 0 Å². The van der Waals surface area contributed by atoms with E-state index in [1.54, 1.807) is 0 Å². The highest BCUT2D eigenvalue weighted by molar-refractivity contribution is 4.85. The van der Waals surface area contributed by atoms with Crippen molar-refractivity contribution in [2.75, 3.05) is 6.54 Å². The lowest BCUT2D eigenvalue weighted by Crippen LogP contribution is -2.41. The SMILES string of the molecule is CCNC(CCCC(C)C)C1CCCC(C(F)(F)F)C1. The summed E-state index contributed by atoms with van der Waals surface area (Å²) in [5.74, 6) is -0.207. The zero-order valence-electron chi connectivity index (χ0n) is 13.1. The lowest BCUT2D eigenvalue weighted by Gasteiger charge is -2.36. The first-order valence-electron chi connectivity index (χ1n) is 8.14. The summed E-state index contributed by atoms with van der Waals surface area (Å²) in [5.41, 5.74) is 0. The molecule has 1 saturated carbocycles. The van der Waals surface area contributed by atoms with E-state index in [-0.39, 0.29) is 12.0 Å². The zero-order valence-corrected chi connectivity index (χ0v) is 13.1. The number of hydrogen-bond acceptors (Lipinski definition) is 1. The molecular weight excluding hydrogens is 263 g/mol. The van der Waals surface area contributed by atoms with Crippen LogP contribution >= 0.6 is 0 Å². The highest BCUT2D eigenvalue weighted by Gasteiger charge is 2.43. The summed E-state index contributed by atoms with van der Waals surface area (Å²) in [6.07, 6.45) is 1.61. The summed E-state index contributed by atoms with van der Waals surface area (Å²) < 4.78 is 38.7. The van der Waals surface area contributed by atoms with E-state index in [1.165, 1.54) is 0 Å². The topological polar surface area (TPSA) is 12.0 Å². The molecule has 0 amide bonds. The minimum atomic E-state index is -4.01. The van der Waals surface area contributed by atoms with E-state index in [9.17, 15) is 13.2 Å². The summed E-state index contributed by atoms with van der Waals surface area (Å²) in [6.45, 7) is 7.28. The van der Waals surface area contributed by atoms with E-state index in [4.69, 9.17) is 0 Å². The van der Waals surface area contributed by atoms with Gasteiger partial charge >= 0.3 is 6.18 Å². The van der Waals surface area contributed by atoms with Crippen LogP contribution in [0.25, 0.3) is 0 Å². The van der Waals surface area contributed by atoms with Crippen LogP contribution in [0.5, 0.6) is 0 Å². The Kier molecular flexibility index (Phi) is 7.35. The molecule has 0 aromatic rings. The molecule has 120 valence electrons. The fourth-order valence-corrected chi connectivity index (χ4v) is 3.40. The lowest BCUT2D eigenvalue weighted by atomic mass is 9.76. The van der Waals surface area contributed by atoms with Gasteiger partial charge in [-0.25, -0.2) is 0 Å².